The zero-order chi connectivity index (χ0) is 49.8. The van der Waals surface area contributed by atoms with Crippen LogP contribution in [0.15, 0.2) is 70.5 Å². The predicted octanol–water partition coefficient (Wildman–Crippen LogP) is 5.25. The van der Waals surface area contributed by atoms with Gasteiger partial charge in [0, 0.05) is 120 Å². The van der Waals surface area contributed by atoms with Crippen molar-refractivity contribution in [3.05, 3.63) is 122 Å². The fourth-order valence-electron chi connectivity index (χ4n) is 11.5. The van der Waals surface area contributed by atoms with E-state index in [1.807, 2.05) is 35.9 Å². The maximum absolute atomic E-state index is 15.9. The van der Waals surface area contributed by atoms with E-state index in [4.69, 9.17) is 0 Å². The number of benzene rings is 2. The second kappa shape index (κ2) is 19.6. The molecule has 0 spiro atoms. The molecule has 1 unspecified atom stereocenters. The van der Waals surface area contributed by atoms with Crippen LogP contribution in [-0.2, 0) is 36.8 Å². The molecule has 0 aliphatic carbocycles. The first kappa shape index (κ1) is 48.1. The Labute approximate surface area is 408 Å². The number of aromatic nitrogens is 5. The number of hydrogen-bond acceptors (Lipinski definition) is 10. The molecular weight excluding hydrogens is 916 g/mol. The van der Waals surface area contributed by atoms with Crippen molar-refractivity contribution in [2.24, 2.45) is 20.0 Å². The lowest BCUT2D eigenvalue weighted by molar-refractivity contribution is -0.135. The molecular formula is C52H60F3N11O5. The van der Waals surface area contributed by atoms with Crippen LogP contribution in [0.5, 0.6) is 0 Å². The fraction of sp³-hybridized carbons (Fsp3) is 0.462. The molecule has 2 atom stereocenters. The van der Waals surface area contributed by atoms with Crippen LogP contribution >= 0.6 is 0 Å². The monoisotopic (exact) mass is 975 g/mol. The largest absolute Gasteiger partial charge is 0.386 e. The molecule has 4 fully saturated rings. The second-order valence-corrected chi connectivity index (χ2v) is 20.0. The number of aryl methyl sites for hydroxylation is 2. The van der Waals surface area contributed by atoms with Crippen LogP contribution < -0.4 is 21.9 Å². The third-order valence-corrected chi connectivity index (χ3v) is 15.6. The first-order valence-electron chi connectivity index (χ1n) is 24.7. The Bertz CT molecular complexity index is 3160. The molecule has 4 aliphatic rings. The van der Waals surface area contributed by atoms with Crippen molar-refractivity contribution in [3.63, 3.8) is 0 Å². The van der Waals surface area contributed by atoms with E-state index < -0.39 is 29.4 Å². The maximum Gasteiger partial charge on any atom is 0.329 e. The molecule has 374 valence electrons. The van der Waals surface area contributed by atoms with Crippen molar-refractivity contribution in [1.29, 1.82) is 0 Å². The molecule has 4 aliphatic heterocycles. The zero-order valence-corrected chi connectivity index (χ0v) is 40.6. The van der Waals surface area contributed by atoms with Crippen molar-refractivity contribution < 1.29 is 27.6 Å². The number of rotatable bonds is 11. The van der Waals surface area contributed by atoms with Gasteiger partial charge in [0.1, 0.15) is 23.3 Å². The molecule has 0 saturated carbocycles. The van der Waals surface area contributed by atoms with Gasteiger partial charge in [-0.2, -0.15) is 0 Å². The highest BCUT2D eigenvalue weighted by Gasteiger charge is 2.34. The summed E-state index contributed by atoms with van der Waals surface area (Å²) in [5, 5.41) is 5.75. The van der Waals surface area contributed by atoms with E-state index in [-0.39, 0.29) is 58.6 Å². The minimum absolute atomic E-state index is 0.0317. The topological polar surface area (TPSA) is 155 Å². The number of nitrogens with one attached hydrogen (secondary N) is 2. The highest BCUT2D eigenvalue weighted by atomic mass is 19.1. The molecule has 16 nitrogen and oxygen atoms in total. The highest BCUT2D eigenvalue weighted by Crippen LogP contribution is 2.35. The van der Waals surface area contributed by atoms with Gasteiger partial charge in [0.15, 0.2) is 5.82 Å². The van der Waals surface area contributed by atoms with Crippen LogP contribution in [-0.4, -0.2) is 126 Å². The van der Waals surface area contributed by atoms with Crippen LogP contribution in [0.2, 0.25) is 0 Å². The molecule has 71 heavy (non-hydrogen) atoms. The number of fused-ring (bicyclic) bond motifs is 2. The molecule has 2 aromatic carbocycles. The molecule has 0 radical (unpaired) electrons. The van der Waals surface area contributed by atoms with Gasteiger partial charge in [0.2, 0.25) is 11.8 Å². The molecule has 0 bridgehead atoms. The Hall–Kier alpha value is -6.57. The lowest BCUT2D eigenvalue weighted by Crippen LogP contribution is -2.53. The van der Waals surface area contributed by atoms with Gasteiger partial charge < -0.3 is 14.8 Å². The van der Waals surface area contributed by atoms with Crippen LogP contribution in [0, 0.1) is 23.4 Å². The van der Waals surface area contributed by atoms with Crippen molar-refractivity contribution in [2.45, 2.75) is 76.5 Å². The SMILES string of the molecule is CNc1cc(=O)n(-c2ccnc3c2cc(CN2CCC(c4c(F)cc(C(=O)N5CCC(CN6CCN(Cc7ccc8c(c7)n(C)c(=O)n8C7CCC(=O)NC7=O)C[C@@H]6C)CC5)cc4F)CC2)n3C)cc1F. The second-order valence-electron chi connectivity index (χ2n) is 20.0. The lowest BCUT2D eigenvalue weighted by Gasteiger charge is -2.42. The number of likely N-dealkylation sites (tertiary alicyclic amines) is 2. The van der Waals surface area contributed by atoms with Crippen LogP contribution in [0.1, 0.15) is 84.6 Å². The van der Waals surface area contributed by atoms with Gasteiger partial charge in [-0.25, -0.2) is 22.9 Å². The van der Waals surface area contributed by atoms with E-state index in [1.54, 1.807) is 35.8 Å². The van der Waals surface area contributed by atoms with E-state index >= 15 is 8.78 Å². The van der Waals surface area contributed by atoms with Gasteiger partial charge >= 0.3 is 5.69 Å². The number of carbonyl (C=O) groups is 3. The molecule has 4 aromatic heterocycles. The van der Waals surface area contributed by atoms with Gasteiger partial charge in [-0.05, 0) is 106 Å². The third kappa shape index (κ3) is 9.30. The minimum atomic E-state index is -0.724. The Balaban J connectivity index is 0.700. The summed E-state index contributed by atoms with van der Waals surface area (Å²) >= 11 is 0. The summed E-state index contributed by atoms with van der Waals surface area (Å²) < 4.78 is 52.8. The van der Waals surface area contributed by atoms with Gasteiger partial charge in [0.25, 0.3) is 11.5 Å². The van der Waals surface area contributed by atoms with Crippen molar-refractivity contribution in [3.8, 4) is 5.69 Å². The van der Waals surface area contributed by atoms with E-state index in [9.17, 15) is 28.4 Å². The number of imide groups is 1. The summed E-state index contributed by atoms with van der Waals surface area (Å²) in [5.41, 5.74) is 4.08. The van der Waals surface area contributed by atoms with Crippen molar-refractivity contribution in [2.75, 3.05) is 64.7 Å². The minimum Gasteiger partial charge on any atom is -0.386 e. The number of nitrogens with zero attached hydrogens (tertiary/aromatic N) is 9. The smallest absolute Gasteiger partial charge is 0.329 e. The number of piperazine rings is 1. The quantitative estimate of drug-likeness (QED) is 0.165. The van der Waals surface area contributed by atoms with Crippen molar-refractivity contribution >= 4 is 45.5 Å². The number of imidazole rings is 1. The Morgan fingerprint density at radius 3 is 2.25 bits per heavy atom. The van der Waals surface area contributed by atoms with Crippen LogP contribution in [0.25, 0.3) is 27.8 Å². The number of piperidine rings is 3. The molecule has 3 amide bonds. The number of halogens is 3. The normalized spacial score (nSPS) is 20.4. The molecule has 2 N–H and O–H groups in total. The average molecular weight is 976 g/mol. The first-order chi connectivity index (χ1) is 34.1. The summed E-state index contributed by atoms with van der Waals surface area (Å²) in [6, 6.07) is 12.8. The summed E-state index contributed by atoms with van der Waals surface area (Å²) in [4.78, 5) is 77.7. The summed E-state index contributed by atoms with van der Waals surface area (Å²) in [6.07, 6.45) is 5.92. The Morgan fingerprint density at radius 1 is 0.803 bits per heavy atom. The maximum atomic E-state index is 15.9. The van der Waals surface area contributed by atoms with E-state index in [1.165, 1.54) is 33.5 Å². The van der Waals surface area contributed by atoms with E-state index in [0.717, 1.165) is 55.8 Å². The number of pyridine rings is 2. The fourth-order valence-corrected chi connectivity index (χ4v) is 11.5. The molecule has 6 aromatic rings. The Kier molecular flexibility index (Phi) is 13.2. The zero-order valence-electron chi connectivity index (χ0n) is 40.6. The van der Waals surface area contributed by atoms with Gasteiger partial charge in [-0.1, -0.05) is 6.07 Å². The van der Waals surface area contributed by atoms with E-state index in [2.05, 4.69) is 37.2 Å². The van der Waals surface area contributed by atoms with Crippen LogP contribution in [0.4, 0.5) is 18.9 Å². The van der Waals surface area contributed by atoms with E-state index in [0.29, 0.717) is 86.3 Å². The Morgan fingerprint density at radius 2 is 1.55 bits per heavy atom. The van der Waals surface area contributed by atoms with Crippen molar-refractivity contribution in [1.82, 2.24) is 48.2 Å². The molecule has 10 rings (SSSR count). The molecule has 8 heterocycles. The molecule has 4 saturated heterocycles. The van der Waals surface area contributed by atoms with Gasteiger partial charge in [-0.3, -0.25) is 52.9 Å². The summed E-state index contributed by atoms with van der Waals surface area (Å²) in [6.45, 7) is 9.26. The van der Waals surface area contributed by atoms with Gasteiger partial charge in [-0.15, -0.1) is 0 Å². The lowest BCUT2D eigenvalue weighted by atomic mass is 9.87. The third-order valence-electron chi connectivity index (χ3n) is 15.6. The number of anilines is 1. The number of hydrogen-bond donors (Lipinski definition) is 2. The summed E-state index contributed by atoms with van der Waals surface area (Å²) in [5.74, 6) is -3.01. The first-order valence-corrected chi connectivity index (χ1v) is 24.7. The summed E-state index contributed by atoms with van der Waals surface area (Å²) in [7, 11) is 5.15. The highest BCUT2D eigenvalue weighted by molar-refractivity contribution is 6.00. The predicted molar refractivity (Wildman–Crippen MR) is 263 cm³/mol. The standard InChI is InChI=1S/C52H60F3N11O5/c1-31-26-62(27-33-5-6-43-45(21-33)60(4)52(71)66(43)44-7-8-46(67)58-50(44)69)19-20-64(31)28-32-10-17-63(18-11-32)51(70)35-22-38(53)48(39(54)23-35)34-12-15-61(16-13-34)29-36-24-37-42(9-14-57-49(37)59(36)3)65-30-40(55)41(56-2)25-47(65)68/h5-6,9,14,21-25,30-32,34,44,56H,7-8,10-13,15-20,26-29H2,1-4H3,(H,58,67,69)/t31-,44?/m0/s1. The number of carbonyl (C=O) groups excluding carboxylic acids is 3. The number of amides is 3. The molecule has 19 heteroatoms. The van der Waals surface area contributed by atoms with Crippen LogP contribution in [0.3, 0.4) is 0 Å². The van der Waals surface area contributed by atoms with Gasteiger partial charge in [0.05, 0.1) is 28.6 Å². The average Bonchev–Trinajstić information content (AvgIpc) is 3.80.